The Morgan fingerprint density at radius 1 is 1.20 bits per heavy atom. The van der Waals surface area contributed by atoms with Gasteiger partial charge >= 0.3 is 5.69 Å². The van der Waals surface area contributed by atoms with E-state index in [4.69, 9.17) is 5.73 Å². The molecule has 0 aromatic carbocycles. The molecule has 0 aliphatic carbocycles. The normalized spacial score (nSPS) is 16.9. The predicted molar refractivity (Wildman–Crippen MR) is 81.2 cm³/mol. The number of aromatic nitrogens is 2. The van der Waals surface area contributed by atoms with Gasteiger partial charge in [0.2, 0.25) is 0 Å². The number of hydrogen-bond donors (Lipinski definition) is 1. The number of rotatable bonds is 3. The molecule has 0 amide bonds. The van der Waals surface area contributed by atoms with Crippen LogP contribution in [-0.4, -0.2) is 33.7 Å². The highest BCUT2D eigenvalue weighted by Crippen LogP contribution is 2.17. The number of likely N-dealkylation sites (tertiary alicyclic amines) is 1. The van der Waals surface area contributed by atoms with E-state index in [9.17, 15) is 9.59 Å². The summed E-state index contributed by atoms with van der Waals surface area (Å²) in [5.74, 6) is 0.615. The molecule has 0 unspecified atom stereocenters. The van der Waals surface area contributed by atoms with Crippen LogP contribution in [-0.2, 0) is 20.6 Å². The van der Waals surface area contributed by atoms with Crippen molar-refractivity contribution in [3.05, 3.63) is 32.6 Å². The first-order valence-corrected chi connectivity index (χ1v) is 6.71. The topological polar surface area (TPSA) is 73.3 Å². The fraction of sp³-hybridized carbons (Fsp3) is 0.692. The molecule has 0 saturated carbocycles. The summed E-state index contributed by atoms with van der Waals surface area (Å²) < 4.78 is 2.68. The molecule has 1 fully saturated rings. The molecule has 2 heterocycles. The minimum Gasteiger partial charge on any atom is -0.330 e. The molecule has 7 heteroatoms. The summed E-state index contributed by atoms with van der Waals surface area (Å²) >= 11 is 0. The van der Waals surface area contributed by atoms with Crippen molar-refractivity contribution in [2.45, 2.75) is 19.4 Å². The van der Waals surface area contributed by atoms with Crippen molar-refractivity contribution in [1.82, 2.24) is 14.0 Å². The molecular formula is C13H23ClN4O2. The van der Waals surface area contributed by atoms with Gasteiger partial charge in [0.15, 0.2) is 0 Å². The maximum absolute atomic E-state index is 11.8. The monoisotopic (exact) mass is 302 g/mol. The molecule has 0 spiro atoms. The van der Waals surface area contributed by atoms with E-state index in [1.807, 2.05) is 0 Å². The average molecular weight is 303 g/mol. The molecule has 1 saturated heterocycles. The van der Waals surface area contributed by atoms with Gasteiger partial charge in [0.05, 0.1) is 0 Å². The SMILES string of the molecule is Cl.Cn1c(CN2CCC(CN)CC2)cc(=O)n(C)c1=O. The lowest BCUT2D eigenvalue weighted by Crippen LogP contribution is -2.41. The van der Waals surface area contributed by atoms with Gasteiger partial charge < -0.3 is 5.73 Å². The highest BCUT2D eigenvalue weighted by Gasteiger charge is 2.19. The van der Waals surface area contributed by atoms with Gasteiger partial charge in [0, 0.05) is 32.4 Å². The van der Waals surface area contributed by atoms with Gasteiger partial charge in [0.25, 0.3) is 5.56 Å². The van der Waals surface area contributed by atoms with Gasteiger partial charge in [-0.05, 0) is 38.4 Å². The number of nitrogens with zero attached hydrogens (tertiary/aromatic N) is 3. The Morgan fingerprint density at radius 2 is 1.80 bits per heavy atom. The van der Waals surface area contributed by atoms with Gasteiger partial charge in [-0.2, -0.15) is 0 Å². The molecule has 1 aliphatic heterocycles. The third-order valence-electron chi connectivity index (χ3n) is 4.05. The molecular weight excluding hydrogens is 280 g/mol. The minimum absolute atomic E-state index is 0. The second kappa shape index (κ2) is 7.06. The molecule has 0 atom stereocenters. The Morgan fingerprint density at radius 3 is 2.35 bits per heavy atom. The fourth-order valence-electron chi connectivity index (χ4n) is 2.54. The quantitative estimate of drug-likeness (QED) is 0.830. The van der Waals surface area contributed by atoms with Crippen molar-refractivity contribution in [2.75, 3.05) is 19.6 Å². The second-order valence-corrected chi connectivity index (χ2v) is 5.33. The molecule has 0 bridgehead atoms. The third kappa shape index (κ3) is 3.50. The summed E-state index contributed by atoms with van der Waals surface area (Å²) in [6, 6.07) is 1.55. The highest BCUT2D eigenvalue weighted by molar-refractivity contribution is 5.85. The van der Waals surface area contributed by atoms with Crippen molar-refractivity contribution in [1.29, 1.82) is 0 Å². The van der Waals surface area contributed by atoms with Crippen molar-refractivity contribution >= 4 is 12.4 Å². The van der Waals surface area contributed by atoms with Crippen LogP contribution in [0.15, 0.2) is 15.7 Å². The van der Waals surface area contributed by atoms with E-state index in [-0.39, 0.29) is 23.7 Å². The molecule has 6 nitrogen and oxygen atoms in total. The molecule has 2 N–H and O–H groups in total. The first-order valence-electron chi connectivity index (χ1n) is 6.71. The standard InChI is InChI=1S/C13H22N4O2.ClH/c1-15-11(7-12(18)16(2)13(15)19)9-17-5-3-10(8-14)4-6-17;/h7,10H,3-6,8-9,14H2,1-2H3;1H. The van der Waals surface area contributed by atoms with Crippen LogP contribution in [0.3, 0.4) is 0 Å². The van der Waals surface area contributed by atoms with E-state index >= 15 is 0 Å². The number of hydrogen-bond acceptors (Lipinski definition) is 4. The Balaban J connectivity index is 0.00000200. The van der Waals surface area contributed by atoms with E-state index in [1.54, 1.807) is 17.7 Å². The number of nitrogens with two attached hydrogens (primary N) is 1. The van der Waals surface area contributed by atoms with E-state index in [0.29, 0.717) is 12.5 Å². The number of halogens is 1. The molecule has 1 aromatic rings. The second-order valence-electron chi connectivity index (χ2n) is 5.33. The zero-order valence-corrected chi connectivity index (χ0v) is 12.9. The largest absolute Gasteiger partial charge is 0.330 e. The summed E-state index contributed by atoms with van der Waals surface area (Å²) in [4.78, 5) is 25.8. The summed E-state index contributed by atoms with van der Waals surface area (Å²) in [6.07, 6.45) is 2.19. The van der Waals surface area contributed by atoms with Crippen LogP contribution < -0.4 is 17.0 Å². The highest BCUT2D eigenvalue weighted by atomic mass is 35.5. The van der Waals surface area contributed by atoms with Crippen molar-refractivity contribution in [3.63, 3.8) is 0 Å². The Bertz CT molecular complexity index is 558. The van der Waals surface area contributed by atoms with Crippen molar-refractivity contribution < 1.29 is 0 Å². The molecule has 2 rings (SSSR count). The molecule has 1 aromatic heterocycles. The minimum atomic E-state index is -0.264. The average Bonchev–Trinajstić information content (AvgIpc) is 2.43. The van der Waals surface area contributed by atoms with E-state index < -0.39 is 0 Å². The van der Waals surface area contributed by atoms with Crippen LogP contribution in [0.5, 0.6) is 0 Å². The van der Waals surface area contributed by atoms with Gasteiger partial charge in [-0.1, -0.05) is 0 Å². The smallest absolute Gasteiger partial charge is 0.330 e. The summed E-state index contributed by atoms with van der Waals surface area (Å²) in [7, 11) is 3.21. The summed E-state index contributed by atoms with van der Waals surface area (Å²) in [5.41, 5.74) is 5.95. The fourth-order valence-corrected chi connectivity index (χ4v) is 2.54. The molecule has 20 heavy (non-hydrogen) atoms. The maximum Gasteiger partial charge on any atom is 0.330 e. The Hall–Kier alpha value is -1.11. The summed E-state index contributed by atoms with van der Waals surface area (Å²) in [6.45, 7) is 3.36. The van der Waals surface area contributed by atoms with Gasteiger partial charge in [-0.15, -0.1) is 12.4 Å². The van der Waals surface area contributed by atoms with Gasteiger partial charge in [-0.25, -0.2) is 4.79 Å². The maximum atomic E-state index is 11.8. The zero-order valence-electron chi connectivity index (χ0n) is 12.0. The predicted octanol–water partition coefficient (Wildman–Crippen LogP) is -0.323. The van der Waals surface area contributed by atoms with Crippen LogP contribution in [0, 0.1) is 5.92 Å². The van der Waals surface area contributed by atoms with Crippen LogP contribution in [0.1, 0.15) is 18.5 Å². The number of piperidine rings is 1. The van der Waals surface area contributed by atoms with E-state index in [0.717, 1.165) is 42.7 Å². The molecule has 114 valence electrons. The lowest BCUT2D eigenvalue weighted by atomic mass is 9.97. The van der Waals surface area contributed by atoms with Gasteiger partial charge in [-0.3, -0.25) is 18.8 Å². The van der Waals surface area contributed by atoms with Crippen LogP contribution in [0.4, 0.5) is 0 Å². The van der Waals surface area contributed by atoms with Crippen LogP contribution >= 0.6 is 12.4 Å². The van der Waals surface area contributed by atoms with Crippen molar-refractivity contribution in [3.8, 4) is 0 Å². The first kappa shape index (κ1) is 16.9. The lowest BCUT2D eigenvalue weighted by molar-refractivity contribution is 0.176. The van der Waals surface area contributed by atoms with Crippen LogP contribution in [0.25, 0.3) is 0 Å². The molecule has 1 aliphatic rings. The summed E-state index contributed by atoms with van der Waals surface area (Å²) in [5, 5.41) is 0. The third-order valence-corrected chi connectivity index (χ3v) is 4.05. The van der Waals surface area contributed by atoms with Gasteiger partial charge in [0.1, 0.15) is 0 Å². The van der Waals surface area contributed by atoms with Crippen LogP contribution in [0.2, 0.25) is 0 Å². The molecule has 0 radical (unpaired) electrons. The van der Waals surface area contributed by atoms with E-state index in [2.05, 4.69) is 4.90 Å². The Kier molecular flexibility index (Phi) is 5.98. The zero-order chi connectivity index (χ0) is 14.0. The van der Waals surface area contributed by atoms with Crippen molar-refractivity contribution in [2.24, 2.45) is 25.7 Å². The lowest BCUT2D eigenvalue weighted by Gasteiger charge is -2.31. The van der Waals surface area contributed by atoms with E-state index in [1.165, 1.54) is 7.05 Å². The Labute approximate surface area is 124 Å². The first-order chi connectivity index (χ1) is 9.02.